The third-order valence-corrected chi connectivity index (χ3v) is 3.54. The van der Waals surface area contributed by atoms with Crippen LogP contribution in [0.4, 0.5) is 0 Å². The van der Waals surface area contributed by atoms with E-state index < -0.39 is 0 Å². The largest absolute Gasteiger partial charge is 0.349 e. The van der Waals surface area contributed by atoms with Crippen molar-refractivity contribution >= 4 is 21.8 Å². The Hall–Kier alpha value is -0.810. The van der Waals surface area contributed by atoms with Crippen molar-refractivity contribution in [2.75, 3.05) is 13.1 Å². The topological polar surface area (TPSA) is 46.1 Å². The van der Waals surface area contributed by atoms with Crippen LogP contribution in [-0.2, 0) is 6.54 Å². The van der Waals surface area contributed by atoms with Crippen molar-refractivity contribution in [2.24, 2.45) is 0 Å². The van der Waals surface area contributed by atoms with Gasteiger partial charge in [0.05, 0.1) is 0 Å². The lowest BCUT2D eigenvalue weighted by molar-refractivity contribution is 0.0941. The van der Waals surface area contributed by atoms with Gasteiger partial charge in [-0.15, -0.1) is 0 Å². The molecule has 1 aliphatic heterocycles. The zero-order chi connectivity index (χ0) is 12.3. The van der Waals surface area contributed by atoms with Gasteiger partial charge in [0.15, 0.2) is 0 Å². The molecule has 2 rings (SSSR count). The van der Waals surface area contributed by atoms with Crippen LogP contribution < -0.4 is 10.6 Å². The zero-order valence-corrected chi connectivity index (χ0v) is 11.6. The second-order valence-electron chi connectivity index (χ2n) is 4.33. The average Bonchev–Trinajstić information content (AvgIpc) is 2.94. The SMILES string of the molecule is CCn1cc(Br)cc1C(=O)NCC1CCCN1. The maximum atomic E-state index is 12.0. The van der Waals surface area contributed by atoms with E-state index in [9.17, 15) is 4.79 Å². The van der Waals surface area contributed by atoms with Crippen molar-refractivity contribution in [3.63, 3.8) is 0 Å². The van der Waals surface area contributed by atoms with Gasteiger partial charge in [-0.05, 0) is 48.3 Å². The molecule has 17 heavy (non-hydrogen) atoms. The maximum absolute atomic E-state index is 12.0. The minimum absolute atomic E-state index is 0.00579. The predicted molar refractivity (Wildman–Crippen MR) is 71.2 cm³/mol. The van der Waals surface area contributed by atoms with Gasteiger partial charge in [0.2, 0.25) is 0 Å². The van der Waals surface area contributed by atoms with Gasteiger partial charge in [-0.1, -0.05) is 0 Å². The number of hydrogen-bond acceptors (Lipinski definition) is 2. The highest BCUT2D eigenvalue weighted by molar-refractivity contribution is 9.10. The van der Waals surface area contributed by atoms with Crippen molar-refractivity contribution in [2.45, 2.75) is 32.4 Å². The Morgan fingerprint density at radius 1 is 1.71 bits per heavy atom. The molecule has 1 aliphatic rings. The summed E-state index contributed by atoms with van der Waals surface area (Å²) in [7, 11) is 0. The second-order valence-corrected chi connectivity index (χ2v) is 5.25. The molecular weight excluding hydrogens is 282 g/mol. The van der Waals surface area contributed by atoms with Crippen LogP contribution in [0.5, 0.6) is 0 Å². The van der Waals surface area contributed by atoms with Gasteiger partial charge in [-0.2, -0.15) is 0 Å². The Morgan fingerprint density at radius 3 is 3.18 bits per heavy atom. The minimum atomic E-state index is 0.00579. The lowest BCUT2D eigenvalue weighted by Crippen LogP contribution is -2.37. The molecule has 1 saturated heterocycles. The molecule has 0 bridgehead atoms. The van der Waals surface area contributed by atoms with Crippen LogP contribution in [0.1, 0.15) is 30.3 Å². The van der Waals surface area contributed by atoms with Gasteiger partial charge in [-0.3, -0.25) is 4.79 Å². The smallest absolute Gasteiger partial charge is 0.267 e. The maximum Gasteiger partial charge on any atom is 0.267 e. The summed E-state index contributed by atoms with van der Waals surface area (Å²) in [6, 6.07) is 2.30. The predicted octanol–water partition coefficient (Wildman–Crippen LogP) is 1.75. The molecule has 2 heterocycles. The van der Waals surface area contributed by atoms with E-state index in [-0.39, 0.29) is 5.91 Å². The van der Waals surface area contributed by atoms with Crippen molar-refractivity contribution in [3.8, 4) is 0 Å². The normalized spacial score (nSPS) is 19.5. The molecule has 1 fully saturated rings. The summed E-state index contributed by atoms with van der Waals surface area (Å²) in [5.41, 5.74) is 0.720. The van der Waals surface area contributed by atoms with Gasteiger partial charge in [0, 0.05) is 29.8 Å². The number of aromatic nitrogens is 1. The molecule has 1 atom stereocenters. The summed E-state index contributed by atoms with van der Waals surface area (Å²) in [6.07, 6.45) is 4.29. The lowest BCUT2D eigenvalue weighted by atomic mass is 10.2. The number of amides is 1. The number of aryl methyl sites for hydroxylation is 1. The van der Waals surface area contributed by atoms with Gasteiger partial charge in [0.25, 0.3) is 5.91 Å². The Kier molecular flexibility index (Phi) is 4.23. The zero-order valence-electron chi connectivity index (χ0n) is 10.0. The first-order valence-electron chi connectivity index (χ1n) is 6.08. The highest BCUT2D eigenvalue weighted by atomic mass is 79.9. The quantitative estimate of drug-likeness (QED) is 0.890. The molecule has 0 saturated carbocycles. The minimum Gasteiger partial charge on any atom is -0.349 e. The first-order valence-corrected chi connectivity index (χ1v) is 6.87. The van der Waals surface area contributed by atoms with Gasteiger partial charge >= 0.3 is 0 Å². The Morgan fingerprint density at radius 2 is 2.53 bits per heavy atom. The molecule has 1 aromatic heterocycles. The van der Waals surface area contributed by atoms with Crippen LogP contribution >= 0.6 is 15.9 Å². The molecule has 0 aromatic carbocycles. The molecule has 1 aromatic rings. The van der Waals surface area contributed by atoms with E-state index >= 15 is 0 Å². The van der Waals surface area contributed by atoms with Gasteiger partial charge in [-0.25, -0.2) is 0 Å². The fraction of sp³-hybridized carbons (Fsp3) is 0.583. The summed E-state index contributed by atoms with van der Waals surface area (Å²) < 4.78 is 2.89. The van der Waals surface area contributed by atoms with Crippen LogP contribution in [0.15, 0.2) is 16.7 Å². The fourth-order valence-electron chi connectivity index (χ4n) is 2.16. The van der Waals surface area contributed by atoms with E-state index in [2.05, 4.69) is 26.6 Å². The van der Waals surface area contributed by atoms with Crippen LogP contribution in [0.3, 0.4) is 0 Å². The number of nitrogens with one attached hydrogen (secondary N) is 2. The molecule has 0 radical (unpaired) electrons. The standard InChI is InChI=1S/C12H18BrN3O/c1-2-16-8-9(13)6-11(16)12(17)15-7-10-4-3-5-14-10/h6,8,10,14H,2-5,7H2,1H3,(H,15,17). The van der Waals surface area contributed by atoms with E-state index in [1.165, 1.54) is 6.42 Å². The monoisotopic (exact) mass is 299 g/mol. The summed E-state index contributed by atoms with van der Waals surface area (Å²) >= 11 is 3.40. The number of rotatable bonds is 4. The van der Waals surface area contributed by atoms with Crippen molar-refractivity contribution in [3.05, 3.63) is 22.4 Å². The molecule has 4 nitrogen and oxygen atoms in total. The third-order valence-electron chi connectivity index (χ3n) is 3.11. The summed E-state index contributed by atoms with van der Waals surface area (Å²) in [4.78, 5) is 12.0. The van der Waals surface area contributed by atoms with Crippen LogP contribution in [0.2, 0.25) is 0 Å². The summed E-state index contributed by atoms with van der Waals surface area (Å²) in [5, 5.41) is 6.35. The van der Waals surface area contributed by atoms with Crippen LogP contribution in [0, 0.1) is 0 Å². The first kappa shape index (κ1) is 12.6. The molecule has 0 aliphatic carbocycles. The van der Waals surface area contributed by atoms with Crippen molar-refractivity contribution in [1.82, 2.24) is 15.2 Å². The van der Waals surface area contributed by atoms with E-state index in [0.717, 1.165) is 29.7 Å². The average molecular weight is 300 g/mol. The molecule has 1 unspecified atom stereocenters. The molecule has 1 amide bonds. The molecular formula is C12H18BrN3O. The summed E-state index contributed by atoms with van der Waals surface area (Å²) in [6.45, 7) is 4.61. The van der Waals surface area contributed by atoms with Crippen molar-refractivity contribution in [1.29, 1.82) is 0 Å². The molecule has 5 heteroatoms. The Balaban J connectivity index is 1.93. The van der Waals surface area contributed by atoms with Crippen molar-refractivity contribution < 1.29 is 4.79 Å². The number of nitrogens with zero attached hydrogens (tertiary/aromatic N) is 1. The molecule has 0 spiro atoms. The number of halogens is 1. The van der Waals surface area contributed by atoms with Crippen LogP contribution in [0.25, 0.3) is 0 Å². The van der Waals surface area contributed by atoms with E-state index in [4.69, 9.17) is 0 Å². The van der Waals surface area contributed by atoms with E-state index in [0.29, 0.717) is 12.6 Å². The van der Waals surface area contributed by atoms with Crippen LogP contribution in [-0.4, -0.2) is 29.6 Å². The van der Waals surface area contributed by atoms with E-state index in [1.807, 2.05) is 23.8 Å². The fourth-order valence-corrected chi connectivity index (χ4v) is 2.63. The number of carbonyl (C=O) groups excluding carboxylic acids is 1. The Labute approximate surface area is 110 Å². The number of carbonyl (C=O) groups is 1. The highest BCUT2D eigenvalue weighted by Gasteiger charge is 2.17. The lowest BCUT2D eigenvalue weighted by Gasteiger charge is -2.12. The van der Waals surface area contributed by atoms with E-state index in [1.54, 1.807) is 0 Å². The van der Waals surface area contributed by atoms with Gasteiger partial charge in [0.1, 0.15) is 5.69 Å². The second kappa shape index (κ2) is 5.69. The molecule has 2 N–H and O–H groups in total. The first-order chi connectivity index (χ1) is 8.20. The summed E-state index contributed by atoms with van der Waals surface area (Å²) in [5.74, 6) is 0.00579. The Bertz CT molecular complexity index is 396. The number of hydrogen-bond donors (Lipinski definition) is 2. The third kappa shape index (κ3) is 3.10. The molecule has 94 valence electrons. The highest BCUT2D eigenvalue weighted by Crippen LogP contribution is 2.15. The van der Waals surface area contributed by atoms with Gasteiger partial charge < -0.3 is 15.2 Å².